The number of fused-ring (bicyclic) bond motifs is 3. The molecule has 0 saturated carbocycles. The molecule has 4 aromatic rings. The zero-order valence-corrected chi connectivity index (χ0v) is 26.2. The van der Waals surface area contributed by atoms with Gasteiger partial charge in [-0.1, -0.05) is 13.0 Å². The van der Waals surface area contributed by atoms with Gasteiger partial charge in [0.25, 0.3) is 0 Å². The molecule has 0 spiro atoms. The average molecular weight is 677 g/mol. The number of nitrogens with zero attached hydrogens (tertiary/aromatic N) is 4. The summed E-state index contributed by atoms with van der Waals surface area (Å²) in [6.07, 6.45) is -0.663. The van der Waals surface area contributed by atoms with Crippen molar-refractivity contribution >= 4 is 21.7 Å². The Labute approximate surface area is 272 Å². The van der Waals surface area contributed by atoms with Gasteiger partial charge >= 0.3 is 12.2 Å². The Bertz CT molecular complexity index is 1840. The zero-order chi connectivity index (χ0) is 33.6. The molecule has 48 heavy (non-hydrogen) atoms. The first-order valence-corrected chi connectivity index (χ1v) is 16.1. The fourth-order valence-corrected chi connectivity index (χ4v) is 7.22. The van der Waals surface area contributed by atoms with E-state index >= 15 is 8.78 Å². The van der Waals surface area contributed by atoms with Crippen molar-refractivity contribution in [3.8, 4) is 28.9 Å². The molecule has 3 saturated heterocycles. The minimum Gasteiger partial charge on any atom is -0.467 e. The molecule has 3 aliphatic heterocycles. The summed E-state index contributed by atoms with van der Waals surface area (Å²) in [5, 5.41) is 0.760. The maximum Gasteiger partial charge on any atom is 0.422 e. The van der Waals surface area contributed by atoms with E-state index < -0.39 is 59.8 Å². The molecular weight excluding hydrogens is 642 g/mol. The van der Waals surface area contributed by atoms with Crippen molar-refractivity contribution in [2.45, 2.75) is 76.0 Å². The molecule has 0 amide bonds. The molecule has 8 nitrogen and oxygen atoms in total. The lowest BCUT2D eigenvalue weighted by molar-refractivity contribution is -0.153. The molecule has 256 valence electrons. The molecule has 2 aromatic carbocycles. The number of aryl methyl sites for hydroxylation is 1. The molecule has 2 aromatic heterocycles. The molecule has 0 aliphatic carbocycles. The quantitative estimate of drug-likeness (QED) is 0.169. The number of hydrogen-bond donors (Lipinski definition) is 0. The number of halogens is 6. The maximum absolute atomic E-state index is 16.7. The smallest absolute Gasteiger partial charge is 0.422 e. The zero-order valence-electron chi connectivity index (χ0n) is 26.2. The summed E-state index contributed by atoms with van der Waals surface area (Å²) in [5.74, 6) is -1.71. The van der Waals surface area contributed by atoms with Crippen LogP contribution in [0.4, 0.5) is 26.3 Å². The second kappa shape index (κ2) is 12.8. The monoisotopic (exact) mass is 676 g/mol. The summed E-state index contributed by atoms with van der Waals surface area (Å²) in [5.41, 5.74) is -0.718. The van der Waals surface area contributed by atoms with Gasteiger partial charge in [-0.25, -0.2) is 13.2 Å². The lowest BCUT2D eigenvalue weighted by atomic mass is 9.94. The molecule has 3 fully saturated rings. The number of alkyl halides is 4. The van der Waals surface area contributed by atoms with Gasteiger partial charge in [-0.15, -0.1) is 0 Å². The van der Waals surface area contributed by atoms with Crippen molar-refractivity contribution in [1.82, 2.24) is 19.9 Å². The Morgan fingerprint density at radius 3 is 2.71 bits per heavy atom. The molecule has 5 heterocycles. The third-order valence-corrected chi connectivity index (χ3v) is 9.39. The van der Waals surface area contributed by atoms with Crippen LogP contribution in [-0.4, -0.2) is 76.9 Å². The van der Waals surface area contributed by atoms with Gasteiger partial charge in [0.15, 0.2) is 18.7 Å². The first-order valence-electron chi connectivity index (χ1n) is 16.1. The van der Waals surface area contributed by atoms with E-state index in [4.69, 9.17) is 18.9 Å². The first-order chi connectivity index (χ1) is 23.0. The highest BCUT2D eigenvalue weighted by Crippen LogP contribution is 2.42. The van der Waals surface area contributed by atoms with Gasteiger partial charge in [0.05, 0.1) is 17.5 Å². The van der Waals surface area contributed by atoms with Gasteiger partial charge in [0.1, 0.15) is 35.6 Å². The number of pyridine rings is 1. The number of aromatic nitrogens is 3. The lowest BCUT2D eigenvalue weighted by Gasteiger charge is -2.30. The van der Waals surface area contributed by atoms with Crippen molar-refractivity contribution in [3.05, 3.63) is 47.7 Å². The van der Waals surface area contributed by atoms with Gasteiger partial charge in [-0.3, -0.25) is 9.88 Å². The minimum absolute atomic E-state index is 0.0381. The Balaban J connectivity index is 1.34. The number of benzene rings is 2. The Morgan fingerprint density at radius 1 is 1.08 bits per heavy atom. The van der Waals surface area contributed by atoms with Gasteiger partial charge in [-0.05, 0) is 73.2 Å². The maximum atomic E-state index is 16.7. The van der Waals surface area contributed by atoms with Crippen molar-refractivity contribution in [1.29, 1.82) is 0 Å². The molecule has 0 N–H and O–H groups in total. The third kappa shape index (κ3) is 6.31. The summed E-state index contributed by atoms with van der Waals surface area (Å²) in [6.45, 7) is 1.52. The van der Waals surface area contributed by atoms with Crippen LogP contribution in [0.15, 0.2) is 30.5 Å². The molecule has 0 radical (unpaired) electrons. The SMILES string of the molecule is CCc1c(F)ccc2cc(OC3CCCCO3)cc(-c3ncc4c(OCC(F)(F)F)nc(OC[C@@]56CCCN5C[C@H](F)C6)nc4c3F)c12. The topological polar surface area (TPSA) is 78.8 Å². The van der Waals surface area contributed by atoms with Crippen LogP contribution in [0.3, 0.4) is 0 Å². The molecule has 0 bridgehead atoms. The predicted molar refractivity (Wildman–Crippen MR) is 164 cm³/mol. The minimum atomic E-state index is -4.71. The highest BCUT2D eigenvalue weighted by atomic mass is 19.4. The van der Waals surface area contributed by atoms with Crippen LogP contribution < -0.4 is 14.2 Å². The van der Waals surface area contributed by atoms with Gasteiger partial charge in [0.2, 0.25) is 5.88 Å². The largest absolute Gasteiger partial charge is 0.467 e. The van der Waals surface area contributed by atoms with E-state index in [0.29, 0.717) is 48.1 Å². The van der Waals surface area contributed by atoms with E-state index in [1.165, 1.54) is 6.07 Å². The Hall–Kier alpha value is -3.91. The first kappa shape index (κ1) is 32.6. The highest BCUT2D eigenvalue weighted by Gasteiger charge is 2.49. The summed E-state index contributed by atoms with van der Waals surface area (Å²) >= 11 is 0. The van der Waals surface area contributed by atoms with Crippen molar-refractivity contribution in [2.24, 2.45) is 0 Å². The molecule has 3 aliphatic rings. The standard InChI is InChI=1S/C34H34F6N4O4/c1-2-22-25(36)8-7-19-12-21(48-26-6-3-4-11-45-26)13-23(27(19)22)29-28(37)30-24(15-41-29)31(46-18-34(38,39)40)43-32(42-30)47-17-33-9-5-10-44(33)16-20(35)14-33/h7-8,12-13,15,20,26H,2-6,9-11,14,16-18H2,1H3/t20-,26?,33+/m1/s1. The normalized spacial score (nSPS) is 23.1. The Morgan fingerprint density at radius 2 is 1.94 bits per heavy atom. The van der Waals surface area contributed by atoms with Crippen LogP contribution >= 0.6 is 0 Å². The van der Waals surface area contributed by atoms with Gasteiger partial charge in [-0.2, -0.15) is 23.1 Å². The molecule has 14 heteroatoms. The summed E-state index contributed by atoms with van der Waals surface area (Å²) in [6, 6.07) is 5.75. The molecular formula is C34H34F6N4O4. The average Bonchev–Trinajstić information content (AvgIpc) is 3.58. The van der Waals surface area contributed by atoms with E-state index in [1.807, 2.05) is 4.90 Å². The second-order valence-corrected chi connectivity index (χ2v) is 12.6. The van der Waals surface area contributed by atoms with E-state index in [2.05, 4.69) is 15.0 Å². The third-order valence-electron chi connectivity index (χ3n) is 9.39. The summed E-state index contributed by atoms with van der Waals surface area (Å²) in [7, 11) is 0. The van der Waals surface area contributed by atoms with Crippen LogP contribution in [0, 0.1) is 11.6 Å². The number of ether oxygens (including phenoxy) is 4. The second-order valence-electron chi connectivity index (χ2n) is 12.6. The van der Waals surface area contributed by atoms with Crippen molar-refractivity contribution < 1.29 is 45.3 Å². The molecule has 1 unspecified atom stereocenters. The van der Waals surface area contributed by atoms with E-state index in [-0.39, 0.29) is 42.6 Å². The fraction of sp³-hybridized carbons (Fsp3) is 0.500. The van der Waals surface area contributed by atoms with Crippen LogP contribution in [0.5, 0.6) is 17.6 Å². The highest BCUT2D eigenvalue weighted by molar-refractivity contribution is 6.01. The number of rotatable bonds is 9. The van der Waals surface area contributed by atoms with Crippen LogP contribution in [0.2, 0.25) is 0 Å². The van der Waals surface area contributed by atoms with Crippen LogP contribution in [0.25, 0.3) is 32.9 Å². The predicted octanol–water partition coefficient (Wildman–Crippen LogP) is 7.49. The van der Waals surface area contributed by atoms with Crippen molar-refractivity contribution in [2.75, 3.05) is 32.9 Å². The van der Waals surface area contributed by atoms with Gasteiger partial charge in [0, 0.05) is 31.1 Å². The van der Waals surface area contributed by atoms with Crippen molar-refractivity contribution in [3.63, 3.8) is 0 Å². The lowest BCUT2D eigenvalue weighted by Crippen LogP contribution is -2.43. The van der Waals surface area contributed by atoms with Gasteiger partial charge < -0.3 is 18.9 Å². The van der Waals surface area contributed by atoms with Crippen LogP contribution in [0.1, 0.15) is 51.0 Å². The molecule has 3 atom stereocenters. The van der Waals surface area contributed by atoms with E-state index in [1.54, 1.807) is 25.1 Å². The summed E-state index contributed by atoms with van der Waals surface area (Å²) in [4.78, 5) is 14.6. The van der Waals surface area contributed by atoms with E-state index in [0.717, 1.165) is 25.5 Å². The van der Waals surface area contributed by atoms with Crippen LogP contribution in [-0.2, 0) is 11.2 Å². The Kier molecular flexibility index (Phi) is 8.73. The fourth-order valence-electron chi connectivity index (χ4n) is 7.22. The molecule has 7 rings (SSSR count). The van der Waals surface area contributed by atoms with E-state index in [9.17, 15) is 17.6 Å². The number of hydrogen-bond acceptors (Lipinski definition) is 8. The summed E-state index contributed by atoms with van der Waals surface area (Å²) < 4.78 is 109.